The average Bonchev–Trinajstić information content (AvgIpc) is 3.11. The van der Waals surface area contributed by atoms with E-state index in [-0.39, 0.29) is 12.2 Å². The Bertz CT molecular complexity index is 432. The van der Waals surface area contributed by atoms with Crippen molar-refractivity contribution in [3.8, 4) is 0 Å². The van der Waals surface area contributed by atoms with E-state index in [1.807, 2.05) is 0 Å². The highest BCUT2D eigenvalue weighted by atomic mass is 32.1. The minimum atomic E-state index is 0.000700. The first-order valence-electron chi connectivity index (χ1n) is 8.33. The number of rotatable bonds is 8. The van der Waals surface area contributed by atoms with Crippen LogP contribution < -0.4 is 5.32 Å². The molecule has 0 bridgehead atoms. The van der Waals surface area contributed by atoms with Crippen molar-refractivity contribution in [1.82, 2.24) is 10.2 Å². The number of hydrogen-bond donors (Lipinski definition) is 1. The van der Waals surface area contributed by atoms with E-state index in [2.05, 4.69) is 47.8 Å². The fraction of sp³-hybridized carbons (Fsp3) is 0.706. The summed E-state index contributed by atoms with van der Waals surface area (Å²) in [6.07, 6.45) is 6.52. The van der Waals surface area contributed by atoms with E-state index in [0.29, 0.717) is 11.9 Å². The summed E-state index contributed by atoms with van der Waals surface area (Å²) in [6, 6.07) is 2.50. The topological polar surface area (TPSA) is 32.3 Å². The van der Waals surface area contributed by atoms with Crippen molar-refractivity contribution >= 4 is 17.2 Å². The zero-order chi connectivity index (χ0) is 15.2. The molecule has 3 nitrogen and oxygen atoms in total. The number of carbonyl (C=O) groups is 1. The zero-order valence-corrected chi connectivity index (χ0v) is 14.3. The van der Waals surface area contributed by atoms with Crippen LogP contribution in [0.2, 0.25) is 0 Å². The Labute approximate surface area is 132 Å². The molecule has 0 saturated carbocycles. The first-order chi connectivity index (χ1) is 10.2. The summed E-state index contributed by atoms with van der Waals surface area (Å²) in [4.78, 5) is 15.0. The van der Waals surface area contributed by atoms with E-state index in [1.54, 1.807) is 11.3 Å². The van der Waals surface area contributed by atoms with Gasteiger partial charge in [-0.1, -0.05) is 40.0 Å². The van der Waals surface area contributed by atoms with Crippen LogP contribution >= 0.6 is 11.3 Å². The highest BCUT2D eigenvalue weighted by Crippen LogP contribution is 2.32. The molecule has 1 aliphatic heterocycles. The summed E-state index contributed by atoms with van der Waals surface area (Å²) < 4.78 is 0. The van der Waals surface area contributed by atoms with Gasteiger partial charge in [0, 0.05) is 6.04 Å². The van der Waals surface area contributed by atoms with E-state index in [4.69, 9.17) is 0 Å². The second kappa shape index (κ2) is 7.95. The Morgan fingerprint density at radius 2 is 2.14 bits per heavy atom. The number of unbranched alkanes of at least 4 members (excludes halogenated alkanes) is 1. The fourth-order valence-electron chi connectivity index (χ4n) is 3.22. The molecule has 4 heteroatoms. The maximum Gasteiger partial charge on any atom is 0.241 e. The van der Waals surface area contributed by atoms with Crippen molar-refractivity contribution in [1.29, 1.82) is 0 Å². The fourth-order valence-corrected chi connectivity index (χ4v) is 3.89. The summed E-state index contributed by atoms with van der Waals surface area (Å²) in [7, 11) is 0. The minimum Gasteiger partial charge on any atom is -0.319 e. The van der Waals surface area contributed by atoms with Crippen LogP contribution in [0.5, 0.6) is 0 Å². The first-order valence-corrected chi connectivity index (χ1v) is 9.27. The number of nitrogens with zero attached hydrogens (tertiary/aromatic N) is 1. The molecule has 21 heavy (non-hydrogen) atoms. The number of hydrogen-bond acceptors (Lipinski definition) is 3. The molecule has 2 heterocycles. The summed E-state index contributed by atoms with van der Waals surface area (Å²) in [6.45, 7) is 6.57. The third-order valence-electron chi connectivity index (χ3n) is 4.38. The molecule has 0 spiro atoms. The van der Waals surface area contributed by atoms with Crippen molar-refractivity contribution < 1.29 is 4.79 Å². The zero-order valence-electron chi connectivity index (χ0n) is 13.5. The molecular weight excluding hydrogens is 280 g/mol. The lowest BCUT2D eigenvalue weighted by atomic mass is 10.1. The van der Waals surface area contributed by atoms with Crippen molar-refractivity contribution in [2.45, 2.75) is 77.5 Å². The smallest absolute Gasteiger partial charge is 0.241 e. The highest BCUT2D eigenvalue weighted by molar-refractivity contribution is 7.07. The molecule has 1 aromatic rings. The third kappa shape index (κ3) is 3.67. The van der Waals surface area contributed by atoms with Gasteiger partial charge in [-0.2, -0.15) is 11.3 Å². The number of carbonyl (C=O) groups excluding carboxylic acids is 1. The van der Waals surface area contributed by atoms with Gasteiger partial charge in [-0.05, 0) is 41.7 Å². The van der Waals surface area contributed by atoms with Crippen molar-refractivity contribution in [2.24, 2.45) is 0 Å². The predicted molar refractivity (Wildman–Crippen MR) is 89.3 cm³/mol. The van der Waals surface area contributed by atoms with Crippen molar-refractivity contribution in [3.05, 3.63) is 22.4 Å². The Kier molecular flexibility index (Phi) is 6.24. The molecule has 1 N–H and O–H groups in total. The van der Waals surface area contributed by atoms with E-state index >= 15 is 0 Å². The SMILES string of the molecule is CCCCC1NC(c2ccsc2)N(C(CC)CCC)C1=O. The Morgan fingerprint density at radius 1 is 1.33 bits per heavy atom. The normalized spacial score (nSPS) is 23.8. The molecule has 1 aromatic heterocycles. The van der Waals surface area contributed by atoms with Crippen molar-refractivity contribution in [2.75, 3.05) is 0 Å². The predicted octanol–water partition coefficient (Wildman–Crippen LogP) is 4.32. The molecule has 0 aromatic carbocycles. The molecule has 1 fully saturated rings. The Morgan fingerprint density at radius 3 is 2.71 bits per heavy atom. The van der Waals surface area contributed by atoms with Crippen molar-refractivity contribution in [3.63, 3.8) is 0 Å². The van der Waals surface area contributed by atoms with Crippen LogP contribution in [0.4, 0.5) is 0 Å². The van der Waals surface area contributed by atoms with Crippen LogP contribution in [0.25, 0.3) is 0 Å². The summed E-state index contributed by atoms with van der Waals surface area (Å²) in [5, 5.41) is 7.85. The second-order valence-corrected chi connectivity index (χ2v) is 6.70. The average molecular weight is 308 g/mol. The van der Waals surface area contributed by atoms with Gasteiger partial charge < -0.3 is 4.90 Å². The van der Waals surface area contributed by atoms with Gasteiger partial charge >= 0.3 is 0 Å². The van der Waals surface area contributed by atoms with Gasteiger partial charge in [-0.3, -0.25) is 10.1 Å². The van der Waals surface area contributed by atoms with Crippen LogP contribution in [-0.4, -0.2) is 22.9 Å². The molecule has 3 unspecified atom stereocenters. The van der Waals surface area contributed by atoms with Crippen LogP contribution in [0, 0.1) is 0 Å². The Balaban J connectivity index is 2.20. The molecule has 0 radical (unpaired) electrons. The van der Waals surface area contributed by atoms with Gasteiger partial charge in [0.2, 0.25) is 5.91 Å². The summed E-state index contributed by atoms with van der Waals surface area (Å²) in [5.74, 6) is 0.306. The van der Waals surface area contributed by atoms with Gasteiger partial charge in [-0.15, -0.1) is 0 Å². The van der Waals surface area contributed by atoms with Gasteiger partial charge in [0.25, 0.3) is 0 Å². The highest BCUT2D eigenvalue weighted by Gasteiger charge is 2.41. The van der Waals surface area contributed by atoms with Crippen LogP contribution in [-0.2, 0) is 4.79 Å². The molecule has 118 valence electrons. The third-order valence-corrected chi connectivity index (χ3v) is 5.08. The lowest BCUT2D eigenvalue weighted by Gasteiger charge is -2.32. The largest absolute Gasteiger partial charge is 0.319 e. The molecular formula is C17H28N2OS. The quantitative estimate of drug-likeness (QED) is 0.776. The summed E-state index contributed by atoms with van der Waals surface area (Å²) >= 11 is 1.70. The Hall–Kier alpha value is -0.870. The van der Waals surface area contributed by atoms with E-state index in [1.165, 1.54) is 5.56 Å². The van der Waals surface area contributed by atoms with Gasteiger partial charge in [0.05, 0.1) is 6.04 Å². The molecule has 3 atom stereocenters. The minimum absolute atomic E-state index is 0.000700. The molecule has 1 saturated heterocycles. The number of nitrogens with one attached hydrogen (secondary N) is 1. The van der Waals surface area contributed by atoms with E-state index < -0.39 is 0 Å². The van der Waals surface area contributed by atoms with Gasteiger partial charge in [0.1, 0.15) is 6.17 Å². The second-order valence-electron chi connectivity index (χ2n) is 5.92. The van der Waals surface area contributed by atoms with Gasteiger partial charge in [-0.25, -0.2) is 0 Å². The number of amides is 1. The standard InChI is InChI=1S/C17H28N2OS/c1-4-7-9-15-17(20)19(14(6-3)8-5-2)16(18-15)13-10-11-21-12-13/h10-12,14-16,18H,4-9H2,1-3H3. The molecule has 1 aliphatic rings. The number of thiophene rings is 1. The lowest BCUT2D eigenvalue weighted by molar-refractivity contribution is -0.132. The van der Waals surface area contributed by atoms with Crippen LogP contribution in [0.15, 0.2) is 16.8 Å². The molecule has 0 aliphatic carbocycles. The molecule has 2 rings (SSSR count). The maximum absolute atomic E-state index is 12.9. The monoisotopic (exact) mass is 308 g/mol. The van der Waals surface area contributed by atoms with E-state index in [0.717, 1.165) is 38.5 Å². The maximum atomic E-state index is 12.9. The first kappa shape index (κ1) is 16.5. The van der Waals surface area contributed by atoms with Crippen LogP contribution in [0.1, 0.15) is 71.0 Å². The van der Waals surface area contributed by atoms with E-state index in [9.17, 15) is 4.79 Å². The molecule has 1 amide bonds. The lowest BCUT2D eigenvalue weighted by Crippen LogP contribution is -2.39. The summed E-state index contributed by atoms with van der Waals surface area (Å²) in [5.41, 5.74) is 1.24. The van der Waals surface area contributed by atoms with Crippen LogP contribution in [0.3, 0.4) is 0 Å². The van der Waals surface area contributed by atoms with Gasteiger partial charge in [0.15, 0.2) is 0 Å².